The highest BCUT2D eigenvalue weighted by molar-refractivity contribution is 5.92. The minimum atomic E-state index is -0.107. The number of nitrogens with one attached hydrogen (secondary N) is 1. The van der Waals surface area contributed by atoms with E-state index in [2.05, 4.69) is 15.5 Å². The van der Waals surface area contributed by atoms with Gasteiger partial charge in [-0.15, -0.1) is 0 Å². The number of ether oxygens (including phenoxy) is 1. The fraction of sp³-hybridized carbons (Fsp3) is 0.250. The van der Waals surface area contributed by atoms with Crippen LogP contribution >= 0.6 is 0 Å². The number of carbonyl (C=O) groups is 1. The molecule has 3 aromatic rings. The average molecular weight is 366 g/mol. The van der Waals surface area contributed by atoms with Gasteiger partial charge in [-0.1, -0.05) is 42.4 Å². The van der Waals surface area contributed by atoms with E-state index in [0.717, 1.165) is 17.0 Å². The molecule has 7 nitrogen and oxygen atoms in total. The third-order valence-electron chi connectivity index (χ3n) is 4.05. The first-order chi connectivity index (χ1) is 13.2. The molecule has 0 bridgehead atoms. The standard InChI is InChI=1S/C20H22N4O3/c1-3-24(13-18(25)21-16-9-11-17(26-2)12-10-16)14-19-22-20(23-27-19)15-7-5-4-6-8-15/h4-12H,3,13-14H2,1-2H3,(H,21,25). The molecule has 0 atom stereocenters. The third kappa shape index (κ3) is 5.15. The maximum atomic E-state index is 12.3. The second-order valence-electron chi connectivity index (χ2n) is 5.96. The van der Waals surface area contributed by atoms with Crippen LogP contribution in [0.25, 0.3) is 11.4 Å². The number of methoxy groups -OCH3 is 1. The van der Waals surface area contributed by atoms with Crippen molar-refractivity contribution in [1.29, 1.82) is 0 Å². The van der Waals surface area contributed by atoms with Crippen molar-refractivity contribution >= 4 is 11.6 Å². The van der Waals surface area contributed by atoms with Crippen LogP contribution in [0.4, 0.5) is 5.69 Å². The Morgan fingerprint density at radius 2 is 1.89 bits per heavy atom. The Balaban J connectivity index is 1.57. The normalized spacial score (nSPS) is 10.8. The molecule has 0 radical (unpaired) electrons. The Morgan fingerprint density at radius 1 is 1.15 bits per heavy atom. The van der Waals surface area contributed by atoms with Gasteiger partial charge in [0.15, 0.2) is 0 Å². The molecule has 0 aliphatic heterocycles. The number of hydrogen-bond donors (Lipinski definition) is 1. The van der Waals surface area contributed by atoms with Crippen LogP contribution < -0.4 is 10.1 Å². The molecule has 0 fully saturated rings. The first-order valence-electron chi connectivity index (χ1n) is 8.72. The largest absolute Gasteiger partial charge is 0.497 e. The quantitative estimate of drug-likeness (QED) is 0.659. The van der Waals surface area contributed by atoms with Crippen molar-refractivity contribution in [2.75, 3.05) is 25.5 Å². The smallest absolute Gasteiger partial charge is 0.241 e. The molecule has 140 valence electrons. The molecule has 0 aliphatic rings. The molecule has 1 amide bonds. The maximum absolute atomic E-state index is 12.3. The van der Waals surface area contributed by atoms with Crippen LogP contribution in [0.2, 0.25) is 0 Å². The summed E-state index contributed by atoms with van der Waals surface area (Å²) in [6.07, 6.45) is 0. The number of likely N-dealkylation sites (N-methyl/N-ethyl adjacent to an activating group) is 1. The topological polar surface area (TPSA) is 80.5 Å². The first-order valence-corrected chi connectivity index (χ1v) is 8.72. The molecule has 1 heterocycles. The van der Waals surface area contributed by atoms with Gasteiger partial charge in [-0.25, -0.2) is 0 Å². The van der Waals surface area contributed by atoms with E-state index in [1.807, 2.05) is 42.2 Å². The SMILES string of the molecule is CCN(CC(=O)Nc1ccc(OC)cc1)Cc1nc(-c2ccccc2)no1. The van der Waals surface area contributed by atoms with Crippen molar-refractivity contribution in [3.63, 3.8) is 0 Å². The molecule has 27 heavy (non-hydrogen) atoms. The summed E-state index contributed by atoms with van der Waals surface area (Å²) in [4.78, 5) is 18.6. The van der Waals surface area contributed by atoms with Gasteiger partial charge in [0.1, 0.15) is 5.75 Å². The Labute approximate surface area is 158 Å². The monoisotopic (exact) mass is 366 g/mol. The summed E-state index contributed by atoms with van der Waals surface area (Å²) in [6, 6.07) is 16.8. The average Bonchev–Trinajstić information content (AvgIpc) is 3.17. The van der Waals surface area contributed by atoms with Gasteiger partial charge in [-0.2, -0.15) is 4.98 Å². The van der Waals surface area contributed by atoms with Crippen molar-refractivity contribution in [1.82, 2.24) is 15.0 Å². The van der Waals surface area contributed by atoms with Crippen LogP contribution in [0.1, 0.15) is 12.8 Å². The van der Waals surface area contributed by atoms with E-state index in [1.54, 1.807) is 31.4 Å². The van der Waals surface area contributed by atoms with Gasteiger partial charge >= 0.3 is 0 Å². The van der Waals surface area contributed by atoms with Gasteiger partial charge in [-0.3, -0.25) is 9.69 Å². The van der Waals surface area contributed by atoms with Crippen LogP contribution in [0.5, 0.6) is 5.75 Å². The predicted octanol–water partition coefficient (Wildman–Crippen LogP) is 3.21. The second-order valence-corrected chi connectivity index (χ2v) is 5.96. The Hall–Kier alpha value is -3.19. The summed E-state index contributed by atoms with van der Waals surface area (Å²) >= 11 is 0. The van der Waals surface area contributed by atoms with Crippen LogP contribution in [0, 0.1) is 0 Å². The lowest BCUT2D eigenvalue weighted by molar-refractivity contribution is -0.117. The zero-order chi connectivity index (χ0) is 19.1. The van der Waals surface area contributed by atoms with Gasteiger partial charge in [0.25, 0.3) is 0 Å². The Morgan fingerprint density at radius 3 is 2.56 bits per heavy atom. The number of anilines is 1. The number of carbonyl (C=O) groups excluding carboxylic acids is 1. The summed E-state index contributed by atoms with van der Waals surface area (Å²) < 4.78 is 10.4. The molecule has 0 saturated heterocycles. The molecule has 2 aromatic carbocycles. The number of nitrogens with zero attached hydrogens (tertiary/aromatic N) is 3. The molecule has 1 N–H and O–H groups in total. The van der Waals surface area contributed by atoms with E-state index in [9.17, 15) is 4.79 Å². The highest BCUT2D eigenvalue weighted by atomic mass is 16.5. The maximum Gasteiger partial charge on any atom is 0.241 e. The van der Waals surface area contributed by atoms with Crippen molar-refractivity contribution in [3.8, 4) is 17.1 Å². The molecule has 7 heteroatoms. The van der Waals surface area contributed by atoms with Gasteiger partial charge in [0.05, 0.1) is 20.2 Å². The summed E-state index contributed by atoms with van der Waals surface area (Å²) in [5, 5.41) is 6.88. The van der Waals surface area contributed by atoms with Crippen molar-refractivity contribution in [2.24, 2.45) is 0 Å². The molecular formula is C20H22N4O3. The van der Waals surface area contributed by atoms with Gasteiger partial charge in [-0.05, 0) is 30.8 Å². The Bertz CT molecular complexity index is 862. The Kier molecular flexibility index (Phi) is 6.17. The van der Waals surface area contributed by atoms with Gasteiger partial charge in [0, 0.05) is 11.3 Å². The number of rotatable bonds is 8. The third-order valence-corrected chi connectivity index (χ3v) is 4.05. The van der Waals surface area contributed by atoms with Crippen LogP contribution in [0.15, 0.2) is 59.1 Å². The summed E-state index contributed by atoms with van der Waals surface area (Å²) in [6.45, 7) is 3.30. The molecule has 0 spiro atoms. The molecule has 3 rings (SSSR count). The van der Waals surface area contributed by atoms with Crippen LogP contribution in [-0.2, 0) is 11.3 Å². The van der Waals surface area contributed by atoms with E-state index < -0.39 is 0 Å². The first kappa shape index (κ1) is 18.6. The summed E-state index contributed by atoms with van der Waals surface area (Å²) in [5.74, 6) is 1.66. The van der Waals surface area contributed by atoms with E-state index in [0.29, 0.717) is 24.8 Å². The lowest BCUT2D eigenvalue weighted by Crippen LogP contribution is -2.32. The van der Waals surface area contributed by atoms with Gasteiger partial charge in [0.2, 0.25) is 17.6 Å². The predicted molar refractivity (Wildman–Crippen MR) is 102 cm³/mol. The fourth-order valence-electron chi connectivity index (χ4n) is 2.57. The van der Waals surface area contributed by atoms with Crippen LogP contribution in [0.3, 0.4) is 0 Å². The van der Waals surface area contributed by atoms with Gasteiger partial charge < -0.3 is 14.6 Å². The summed E-state index contributed by atoms with van der Waals surface area (Å²) in [5.41, 5.74) is 1.62. The molecule has 0 saturated carbocycles. The van der Waals surface area contributed by atoms with Crippen molar-refractivity contribution in [2.45, 2.75) is 13.5 Å². The van der Waals surface area contributed by atoms with Crippen LogP contribution in [-0.4, -0.2) is 41.1 Å². The van der Waals surface area contributed by atoms with Crippen molar-refractivity contribution < 1.29 is 14.1 Å². The lowest BCUT2D eigenvalue weighted by Gasteiger charge is -2.17. The zero-order valence-corrected chi connectivity index (χ0v) is 15.4. The molecule has 0 aliphatic carbocycles. The number of benzene rings is 2. The molecule has 0 unspecified atom stereocenters. The fourth-order valence-corrected chi connectivity index (χ4v) is 2.57. The minimum Gasteiger partial charge on any atom is -0.497 e. The number of aromatic nitrogens is 2. The van der Waals surface area contributed by atoms with E-state index >= 15 is 0 Å². The zero-order valence-electron chi connectivity index (χ0n) is 15.4. The van der Waals surface area contributed by atoms with E-state index in [1.165, 1.54) is 0 Å². The minimum absolute atomic E-state index is 0.107. The second kappa shape index (κ2) is 8.95. The molecule has 1 aromatic heterocycles. The highest BCUT2D eigenvalue weighted by Gasteiger charge is 2.15. The van der Waals surface area contributed by atoms with E-state index in [-0.39, 0.29) is 12.5 Å². The molecular weight excluding hydrogens is 344 g/mol. The number of amides is 1. The summed E-state index contributed by atoms with van der Waals surface area (Å²) in [7, 11) is 1.60. The van der Waals surface area contributed by atoms with Crippen molar-refractivity contribution in [3.05, 3.63) is 60.5 Å². The lowest BCUT2D eigenvalue weighted by atomic mass is 10.2. The number of hydrogen-bond acceptors (Lipinski definition) is 6. The van der Waals surface area contributed by atoms with E-state index in [4.69, 9.17) is 9.26 Å². The highest BCUT2D eigenvalue weighted by Crippen LogP contribution is 2.16.